The molecule has 0 saturated carbocycles. The molecule has 1 N–H and O–H groups in total. The highest BCUT2D eigenvalue weighted by Gasteiger charge is 2.25. The van der Waals surface area contributed by atoms with Crippen molar-refractivity contribution in [2.24, 2.45) is 0 Å². The molecule has 0 spiro atoms. The highest BCUT2D eigenvalue weighted by atomic mass is 16.5. The standard InChI is InChI=1S/C21H26N2O4/c1-15-5-7-17(8-6-15)13-23(16(2)21(25)22-3)20(24)14-27-19-11-9-18(26-4)10-12-19/h5-12,16H,13-14H2,1-4H3,(H,22,25)/t16-/m1/s1. The molecule has 0 aliphatic rings. The number of carbonyl (C=O) groups excluding carboxylic acids is 2. The number of likely N-dealkylation sites (N-methyl/N-ethyl adjacent to an activating group) is 1. The molecular formula is C21H26N2O4. The number of hydrogen-bond acceptors (Lipinski definition) is 4. The highest BCUT2D eigenvalue weighted by molar-refractivity contribution is 5.87. The zero-order valence-electron chi connectivity index (χ0n) is 16.2. The third-order valence-corrected chi connectivity index (χ3v) is 4.31. The summed E-state index contributed by atoms with van der Waals surface area (Å²) in [6, 6.07) is 14.3. The Kier molecular flexibility index (Phi) is 7.23. The fraction of sp³-hybridized carbons (Fsp3) is 0.333. The van der Waals surface area contributed by atoms with E-state index in [2.05, 4.69) is 5.32 Å². The summed E-state index contributed by atoms with van der Waals surface area (Å²) in [6.07, 6.45) is 0. The van der Waals surface area contributed by atoms with Gasteiger partial charge < -0.3 is 19.7 Å². The van der Waals surface area contributed by atoms with E-state index in [0.29, 0.717) is 18.0 Å². The van der Waals surface area contributed by atoms with Gasteiger partial charge in [-0.25, -0.2) is 0 Å². The van der Waals surface area contributed by atoms with Gasteiger partial charge in [-0.1, -0.05) is 29.8 Å². The summed E-state index contributed by atoms with van der Waals surface area (Å²) in [5.41, 5.74) is 2.09. The molecule has 0 aliphatic heterocycles. The van der Waals surface area contributed by atoms with Crippen molar-refractivity contribution in [2.45, 2.75) is 26.4 Å². The molecule has 2 aromatic carbocycles. The van der Waals surface area contributed by atoms with E-state index in [-0.39, 0.29) is 18.4 Å². The number of nitrogens with zero attached hydrogens (tertiary/aromatic N) is 1. The molecule has 2 rings (SSSR count). The van der Waals surface area contributed by atoms with Crippen LogP contribution in [0.4, 0.5) is 0 Å². The number of methoxy groups -OCH3 is 1. The van der Waals surface area contributed by atoms with Crippen LogP contribution in [0.25, 0.3) is 0 Å². The fourth-order valence-electron chi connectivity index (χ4n) is 2.58. The Hall–Kier alpha value is -3.02. The number of nitrogens with one attached hydrogen (secondary N) is 1. The summed E-state index contributed by atoms with van der Waals surface area (Å²) in [6.45, 7) is 3.89. The Morgan fingerprint density at radius 2 is 1.63 bits per heavy atom. The van der Waals surface area contributed by atoms with Crippen LogP contribution in [0, 0.1) is 6.92 Å². The first-order chi connectivity index (χ1) is 12.9. The fourth-order valence-corrected chi connectivity index (χ4v) is 2.58. The molecule has 0 unspecified atom stereocenters. The van der Waals surface area contributed by atoms with Crippen molar-refractivity contribution in [3.8, 4) is 11.5 Å². The van der Waals surface area contributed by atoms with Gasteiger partial charge in [-0.05, 0) is 43.7 Å². The van der Waals surface area contributed by atoms with Crippen molar-refractivity contribution in [3.05, 3.63) is 59.7 Å². The lowest BCUT2D eigenvalue weighted by Gasteiger charge is -2.28. The van der Waals surface area contributed by atoms with E-state index in [1.165, 1.54) is 4.90 Å². The second-order valence-corrected chi connectivity index (χ2v) is 6.26. The monoisotopic (exact) mass is 370 g/mol. The van der Waals surface area contributed by atoms with Crippen LogP contribution < -0.4 is 14.8 Å². The van der Waals surface area contributed by atoms with Crippen LogP contribution in [0.5, 0.6) is 11.5 Å². The minimum absolute atomic E-state index is 0.153. The molecule has 27 heavy (non-hydrogen) atoms. The van der Waals surface area contributed by atoms with Gasteiger partial charge in [0, 0.05) is 13.6 Å². The average Bonchev–Trinajstić information content (AvgIpc) is 2.70. The number of hydrogen-bond donors (Lipinski definition) is 1. The Morgan fingerprint density at radius 1 is 1.04 bits per heavy atom. The highest BCUT2D eigenvalue weighted by Crippen LogP contribution is 2.17. The predicted molar refractivity (Wildman–Crippen MR) is 104 cm³/mol. The number of amides is 2. The summed E-state index contributed by atoms with van der Waals surface area (Å²) in [5.74, 6) is 0.789. The molecule has 6 heteroatoms. The maximum Gasteiger partial charge on any atom is 0.261 e. The molecule has 0 bridgehead atoms. The number of benzene rings is 2. The predicted octanol–water partition coefficient (Wildman–Crippen LogP) is 2.55. The van der Waals surface area contributed by atoms with Gasteiger partial charge in [0.15, 0.2) is 6.61 Å². The third-order valence-electron chi connectivity index (χ3n) is 4.31. The Labute approximate surface area is 160 Å². The van der Waals surface area contributed by atoms with Gasteiger partial charge >= 0.3 is 0 Å². The molecule has 0 aromatic heterocycles. The first-order valence-corrected chi connectivity index (χ1v) is 8.78. The van der Waals surface area contributed by atoms with Crippen molar-refractivity contribution < 1.29 is 19.1 Å². The van der Waals surface area contributed by atoms with Gasteiger partial charge in [0.1, 0.15) is 17.5 Å². The van der Waals surface area contributed by atoms with Gasteiger partial charge in [-0.3, -0.25) is 9.59 Å². The summed E-state index contributed by atoms with van der Waals surface area (Å²) in [7, 11) is 3.14. The molecule has 0 aliphatic carbocycles. The maximum atomic E-state index is 12.8. The number of aryl methyl sites for hydroxylation is 1. The largest absolute Gasteiger partial charge is 0.497 e. The molecule has 144 valence electrons. The smallest absolute Gasteiger partial charge is 0.261 e. The normalized spacial score (nSPS) is 11.4. The molecular weight excluding hydrogens is 344 g/mol. The molecule has 0 heterocycles. The molecule has 2 aromatic rings. The van der Waals surface area contributed by atoms with Crippen molar-refractivity contribution in [3.63, 3.8) is 0 Å². The van der Waals surface area contributed by atoms with Crippen molar-refractivity contribution in [2.75, 3.05) is 20.8 Å². The lowest BCUT2D eigenvalue weighted by atomic mass is 10.1. The van der Waals surface area contributed by atoms with Crippen molar-refractivity contribution in [1.29, 1.82) is 0 Å². The van der Waals surface area contributed by atoms with Crippen LogP contribution in [-0.2, 0) is 16.1 Å². The van der Waals surface area contributed by atoms with E-state index >= 15 is 0 Å². The molecule has 1 atom stereocenters. The van der Waals surface area contributed by atoms with E-state index in [1.54, 1.807) is 45.3 Å². The second-order valence-electron chi connectivity index (χ2n) is 6.26. The third kappa shape index (κ3) is 5.74. The van der Waals surface area contributed by atoms with Crippen LogP contribution in [0.1, 0.15) is 18.1 Å². The first-order valence-electron chi connectivity index (χ1n) is 8.78. The molecule has 2 amide bonds. The minimum Gasteiger partial charge on any atom is -0.497 e. The minimum atomic E-state index is -0.608. The molecule has 0 fully saturated rings. The quantitative estimate of drug-likeness (QED) is 0.775. The van der Waals surface area contributed by atoms with Gasteiger partial charge in [0.25, 0.3) is 5.91 Å². The van der Waals surface area contributed by atoms with E-state index in [9.17, 15) is 9.59 Å². The summed E-state index contributed by atoms with van der Waals surface area (Å²) < 4.78 is 10.7. The Balaban J connectivity index is 2.09. The first kappa shape index (κ1) is 20.3. The number of carbonyl (C=O) groups is 2. The second kappa shape index (κ2) is 9.62. The van der Waals surface area contributed by atoms with Crippen LogP contribution in [0.15, 0.2) is 48.5 Å². The topological polar surface area (TPSA) is 67.9 Å². The summed E-state index contributed by atoms with van der Waals surface area (Å²) in [5, 5.41) is 2.59. The van der Waals surface area contributed by atoms with Crippen LogP contribution in [0.2, 0.25) is 0 Å². The zero-order valence-corrected chi connectivity index (χ0v) is 16.2. The van der Waals surface area contributed by atoms with E-state index < -0.39 is 6.04 Å². The van der Waals surface area contributed by atoms with Crippen molar-refractivity contribution >= 4 is 11.8 Å². The summed E-state index contributed by atoms with van der Waals surface area (Å²) >= 11 is 0. The van der Waals surface area contributed by atoms with Gasteiger partial charge in [-0.2, -0.15) is 0 Å². The molecule has 6 nitrogen and oxygen atoms in total. The number of rotatable bonds is 8. The van der Waals surface area contributed by atoms with Crippen LogP contribution in [-0.4, -0.2) is 43.5 Å². The Morgan fingerprint density at radius 3 is 2.19 bits per heavy atom. The summed E-state index contributed by atoms with van der Waals surface area (Å²) in [4.78, 5) is 26.4. The molecule has 0 radical (unpaired) electrons. The van der Waals surface area contributed by atoms with E-state index in [0.717, 1.165) is 11.1 Å². The zero-order chi connectivity index (χ0) is 19.8. The average molecular weight is 370 g/mol. The van der Waals surface area contributed by atoms with Gasteiger partial charge in [-0.15, -0.1) is 0 Å². The van der Waals surface area contributed by atoms with E-state index in [1.807, 2.05) is 31.2 Å². The maximum absolute atomic E-state index is 12.8. The number of ether oxygens (including phenoxy) is 2. The van der Waals surface area contributed by atoms with Crippen LogP contribution >= 0.6 is 0 Å². The lowest BCUT2D eigenvalue weighted by Crippen LogP contribution is -2.48. The van der Waals surface area contributed by atoms with Crippen molar-refractivity contribution in [1.82, 2.24) is 10.2 Å². The molecule has 0 saturated heterocycles. The van der Waals surface area contributed by atoms with E-state index in [4.69, 9.17) is 9.47 Å². The lowest BCUT2D eigenvalue weighted by molar-refractivity contribution is -0.142. The van der Waals surface area contributed by atoms with Gasteiger partial charge in [0.2, 0.25) is 5.91 Å². The van der Waals surface area contributed by atoms with Gasteiger partial charge in [0.05, 0.1) is 7.11 Å². The van der Waals surface area contributed by atoms with Crippen LogP contribution in [0.3, 0.4) is 0 Å². The SMILES string of the molecule is CNC(=O)[C@@H](C)N(Cc1ccc(C)cc1)C(=O)COc1ccc(OC)cc1. The Bertz CT molecular complexity index is 757.